The topological polar surface area (TPSA) is 256 Å². The molecule has 240 valence electrons. The van der Waals surface area contributed by atoms with Crippen molar-refractivity contribution in [3.8, 4) is 0 Å². The van der Waals surface area contributed by atoms with Crippen molar-refractivity contribution in [3.05, 3.63) is 0 Å². The molecule has 12 N–H and O–H groups in total. The van der Waals surface area contributed by atoms with Gasteiger partial charge in [0.05, 0.1) is 101 Å². The summed E-state index contributed by atoms with van der Waals surface area (Å²) in [6.07, 6.45) is -5.19. The molecule has 0 radical (unpaired) electrons. The molecule has 0 saturated carbocycles. The van der Waals surface area contributed by atoms with Crippen LogP contribution in [0.25, 0.3) is 0 Å². The summed E-state index contributed by atoms with van der Waals surface area (Å²) in [5.74, 6) is 0. The Kier molecular flexibility index (Phi) is 19.0. The van der Waals surface area contributed by atoms with Crippen LogP contribution in [0.3, 0.4) is 0 Å². The highest BCUT2D eigenvalue weighted by Crippen LogP contribution is 2.15. The highest BCUT2D eigenvalue weighted by molar-refractivity contribution is 4.88. The zero-order valence-corrected chi connectivity index (χ0v) is 23.1. The molecular weight excluding hydrogens is 536 g/mol. The van der Waals surface area contributed by atoms with Gasteiger partial charge in [0.25, 0.3) is 0 Å². The molecule has 1 aliphatic rings. The van der Waals surface area contributed by atoms with E-state index in [1.165, 1.54) is 0 Å². The quantitative estimate of drug-likeness (QED) is 0.0799. The first-order valence-electron chi connectivity index (χ1n) is 13.7. The smallest absolute Gasteiger partial charge is 0.0947 e. The summed E-state index contributed by atoms with van der Waals surface area (Å²) in [5.41, 5.74) is 0. The van der Waals surface area contributed by atoms with Crippen molar-refractivity contribution in [2.45, 2.75) is 48.6 Å². The number of hydrogen-bond donors (Lipinski definition) is 12. The minimum atomic E-state index is -1.30. The Bertz CT molecular complexity index is 525. The third-order valence-corrected chi connectivity index (χ3v) is 7.85. The molecule has 0 spiro atoms. The fourth-order valence-corrected chi connectivity index (χ4v) is 5.21. The molecule has 1 saturated heterocycles. The van der Waals surface area contributed by atoms with Crippen molar-refractivity contribution >= 4 is 0 Å². The number of aliphatic hydroxyl groups is 12. The minimum Gasteiger partial charge on any atom is -0.395 e. The molecule has 0 aromatic rings. The van der Waals surface area contributed by atoms with Gasteiger partial charge < -0.3 is 61.3 Å². The van der Waals surface area contributed by atoms with E-state index in [4.69, 9.17) is 0 Å². The van der Waals surface area contributed by atoms with Crippen molar-refractivity contribution < 1.29 is 61.3 Å². The van der Waals surface area contributed by atoms with Gasteiger partial charge in [-0.15, -0.1) is 0 Å². The van der Waals surface area contributed by atoms with Crippen LogP contribution in [0, 0.1) is 0 Å². The van der Waals surface area contributed by atoms with Gasteiger partial charge in [0, 0.05) is 52.4 Å². The van der Waals surface area contributed by atoms with E-state index in [9.17, 15) is 61.3 Å². The highest BCUT2D eigenvalue weighted by atomic mass is 16.3. The SMILES string of the molecule is OCC(O)C(CO)N1CCN(C(CO)C(O)CO)CCN(C(CO)C(O)CO)CCN(C(CO)C(O)CO)CC1. The molecule has 1 heterocycles. The lowest BCUT2D eigenvalue weighted by molar-refractivity contribution is -0.0588. The van der Waals surface area contributed by atoms with Crippen LogP contribution in [-0.4, -0.2) is 235 Å². The second kappa shape index (κ2) is 20.3. The molecule has 0 aromatic heterocycles. The average Bonchev–Trinajstić information content (AvgIpc) is 2.97. The highest BCUT2D eigenvalue weighted by Gasteiger charge is 2.34. The van der Waals surface area contributed by atoms with Gasteiger partial charge in [-0.2, -0.15) is 0 Å². The Hall–Kier alpha value is -0.640. The van der Waals surface area contributed by atoms with E-state index >= 15 is 0 Å². The van der Waals surface area contributed by atoms with E-state index < -0.39 is 101 Å². The van der Waals surface area contributed by atoms with Gasteiger partial charge >= 0.3 is 0 Å². The zero-order valence-electron chi connectivity index (χ0n) is 23.1. The van der Waals surface area contributed by atoms with E-state index in [-0.39, 0.29) is 52.4 Å². The molecule has 1 rings (SSSR count). The minimum absolute atomic E-state index is 0.166. The van der Waals surface area contributed by atoms with Crippen LogP contribution < -0.4 is 0 Å². The molecule has 1 aliphatic heterocycles. The lowest BCUT2D eigenvalue weighted by atomic mass is 10.1. The molecule has 0 bridgehead atoms. The van der Waals surface area contributed by atoms with Crippen LogP contribution in [0.4, 0.5) is 0 Å². The van der Waals surface area contributed by atoms with E-state index in [1.54, 1.807) is 19.6 Å². The van der Waals surface area contributed by atoms with Gasteiger partial charge in [0.15, 0.2) is 0 Å². The summed E-state index contributed by atoms with van der Waals surface area (Å²) in [7, 11) is 0. The maximum absolute atomic E-state index is 10.4. The van der Waals surface area contributed by atoms with Crippen LogP contribution in [-0.2, 0) is 0 Å². The Balaban J connectivity index is 3.48. The predicted octanol–water partition coefficient (Wildman–Crippen LogP) is -7.94. The fraction of sp³-hybridized carbons (Fsp3) is 1.00. The zero-order chi connectivity index (χ0) is 30.2. The fourth-order valence-electron chi connectivity index (χ4n) is 5.21. The largest absolute Gasteiger partial charge is 0.395 e. The second-order valence-electron chi connectivity index (χ2n) is 10.1. The van der Waals surface area contributed by atoms with Crippen LogP contribution in [0.1, 0.15) is 0 Å². The number of rotatable bonds is 16. The maximum Gasteiger partial charge on any atom is 0.0947 e. The van der Waals surface area contributed by atoms with Crippen molar-refractivity contribution in [2.24, 2.45) is 0 Å². The van der Waals surface area contributed by atoms with E-state index in [2.05, 4.69) is 0 Å². The van der Waals surface area contributed by atoms with Crippen molar-refractivity contribution in [1.82, 2.24) is 19.6 Å². The summed E-state index contributed by atoms with van der Waals surface area (Å²) in [5, 5.41) is 120. The molecule has 0 aromatic carbocycles. The summed E-state index contributed by atoms with van der Waals surface area (Å²) in [6, 6.07) is -3.57. The monoisotopic (exact) mass is 588 g/mol. The molecule has 0 aliphatic carbocycles. The number of hydrogen-bond acceptors (Lipinski definition) is 16. The van der Waals surface area contributed by atoms with Crippen molar-refractivity contribution in [3.63, 3.8) is 0 Å². The first-order chi connectivity index (χ1) is 19.2. The molecule has 1 fully saturated rings. The lowest BCUT2D eigenvalue weighted by Gasteiger charge is -2.43. The molecule has 16 nitrogen and oxygen atoms in total. The van der Waals surface area contributed by atoms with Gasteiger partial charge in [-0.1, -0.05) is 0 Å². The van der Waals surface area contributed by atoms with E-state index in [1.807, 2.05) is 0 Å². The Morgan fingerprint density at radius 2 is 0.450 bits per heavy atom. The standard InChI is InChI=1S/C24H52N4O12/c29-9-17(21(37)13-33)25-1-2-26(18(10-30)22(38)14-34)5-6-28(20(12-32)24(40)16-36)8-7-27(4-3-25)19(11-31)23(39)15-35/h17-24,29-40H,1-16H2. The molecular formula is C24H52N4O12. The second-order valence-corrected chi connectivity index (χ2v) is 10.1. The van der Waals surface area contributed by atoms with Crippen LogP contribution in [0.2, 0.25) is 0 Å². The molecule has 0 amide bonds. The van der Waals surface area contributed by atoms with Crippen LogP contribution in [0.15, 0.2) is 0 Å². The number of nitrogens with zero attached hydrogens (tertiary/aromatic N) is 4. The van der Waals surface area contributed by atoms with E-state index in [0.29, 0.717) is 0 Å². The summed E-state index contributed by atoms with van der Waals surface area (Å²) in [4.78, 5) is 6.80. The van der Waals surface area contributed by atoms with Gasteiger partial charge in [0.1, 0.15) is 0 Å². The summed E-state index contributed by atoms with van der Waals surface area (Å²) in [6.45, 7) is -3.16. The Morgan fingerprint density at radius 1 is 0.300 bits per heavy atom. The molecule has 40 heavy (non-hydrogen) atoms. The van der Waals surface area contributed by atoms with Gasteiger partial charge in [-0.25, -0.2) is 0 Å². The van der Waals surface area contributed by atoms with Crippen molar-refractivity contribution in [2.75, 3.05) is 105 Å². The first kappa shape index (κ1) is 37.4. The number of aliphatic hydroxyl groups excluding tert-OH is 12. The normalized spacial score (nSPS) is 24.3. The van der Waals surface area contributed by atoms with E-state index in [0.717, 1.165) is 0 Å². The predicted molar refractivity (Wildman–Crippen MR) is 142 cm³/mol. The molecule has 16 heteroatoms. The molecule has 8 unspecified atom stereocenters. The average molecular weight is 589 g/mol. The Morgan fingerprint density at radius 3 is 0.550 bits per heavy atom. The van der Waals surface area contributed by atoms with Gasteiger partial charge in [-0.3, -0.25) is 19.6 Å². The van der Waals surface area contributed by atoms with Crippen LogP contribution >= 0.6 is 0 Å². The lowest BCUT2D eigenvalue weighted by Crippen LogP contribution is -2.59. The Labute approximate surface area is 235 Å². The third kappa shape index (κ3) is 10.9. The summed E-state index contributed by atoms with van der Waals surface area (Å²) < 4.78 is 0. The molecule has 8 atom stereocenters. The third-order valence-electron chi connectivity index (χ3n) is 7.85. The maximum atomic E-state index is 10.4. The van der Waals surface area contributed by atoms with Gasteiger partial charge in [-0.05, 0) is 0 Å². The van der Waals surface area contributed by atoms with Crippen LogP contribution in [0.5, 0.6) is 0 Å². The van der Waals surface area contributed by atoms with Crippen molar-refractivity contribution in [1.29, 1.82) is 0 Å². The summed E-state index contributed by atoms with van der Waals surface area (Å²) >= 11 is 0. The first-order valence-corrected chi connectivity index (χ1v) is 13.7. The van der Waals surface area contributed by atoms with Gasteiger partial charge in [0.2, 0.25) is 0 Å².